The Morgan fingerprint density at radius 3 is 2.83 bits per heavy atom. The van der Waals surface area contributed by atoms with Crippen LogP contribution in [-0.4, -0.2) is 61.3 Å². The number of aryl methyl sites for hydroxylation is 2. The van der Waals surface area contributed by atoms with Crippen molar-refractivity contribution in [3.63, 3.8) is 0 Å². The van der Waals surface area contributed by atoms with Crippen molar-refractivity contribution in [1.82, 2.24) is 25.7 Å². The van der Waals surface area contributed by atoms with Crippen molar-refractivity contribution in [2.24, 2.45) is 4.99 Å². The monoisotopic (exact) mass is 400 g/mol. The first kappa shape index (κ1) is 21.1. The lowest BCUT2D eigenvalue weighted by Gasteiger charge is -2.29. The van der Waals surface area contributed by atoms with Gasteiger partial charge in [-0.05, 0) is 57.0 Å². The summed E-state index contributed by atoms with van der Waals surface area (Å²) in [5, 5.41) is 10.7. The maximum absolute atomic E-state index is 5.43. The normalized spacial score (nSPS) is 16.0. The summed E-state index contributed by atoms with van der Waals surface area (Å²) in [6, 6.07) is 8.64. The second-order valence-corrected chi connectivity index (χ2v) is 7.25. The van der Waals surface area contributed by atoms with Crippen LogP contribution in [0.4, 0.5) is 0 Å². The van der Waals surface area contributed by atoms with Gasteiger partial charge in [0.05, 0.1) is 13.2 Å². The van der Waals surface area contributed by atoms with E-state index < -0.39 is 0 Å². The summed E-state index contributed by atoms with van der Waals surface area (Å²) in [5.74, 6) is 3.06. The fraction of sp³-hybridized carbons (Fsp3) is 0.571. The molecule has 8 nitrogen and oxygen atoms in total. The Labute approximate surface area is 172 Å². The van der Waals surface area contributed by atoms with E-state index >= 15 is 0 Å². The summed E-state index contributed by atoms with van der Waals surface area (Å²) in [4.78, 5) is 11.1. The molecule has 2 aromatic rings. The second kappa shape index (κ2) is 10.8. The van der Waals surface area contributed by atoms with Crippen LogP contribution in [0, 0.1) is 6.92 Å². The zero-order valence-corrected chi connectivity index (χ0v) is 17.6. The van der Waals surface area contributed by atoms with E-state index in [2.05, 4.69) is 48.9 Å². The van der Waals surface area contributed by atoms with Crippen molar-refractivity contribution in [3.05, 3.63) is 41.5 Å². The third kappa shape index (κ3) is 6.19. The van der Waals surface area contributed by atoms with Crippen molar-refractivity contribution in [1.29, 1.82) is 0 Å². The van der Waals surface area contributed by atoms with Gasteiger partial charge in [-0.3, -0.25) is 9.89 Å². The van der Waals surface area contributed by atoms with Crippen LogP contribution in [0.5, 0.6) is 5.75 Å². The van der Waals surface area contributed by atoms with Gasteiger partial charge in [-0.25, -0.2) is 0 Å². The largest absolute Gasteiger partial charge is 0.497 e. The molecular weight excluding hydrogens is 368 g/mol. The van der Waals surface area contributed by atoms with Crippen LogP contribution in [0.3, 0.4) is 0 Å². The number of hydrogen-bond donors (Lipinski definition) is 2. The van der Waals surface area contributed by atoms with Crippen LogP contribution >= 0.6 is 0 Å². The third-order valence-electron chi connectivity index (χ3n) is 5.18. The molecule has 1 aromatic heterocycles. The van der Waals surface area contributed by atoms with Crippen LogP contribution in [-0.2, 0) is 6.42 Å². The van der Waals surface area contributed by atoms with E-state index in [0.29, 0.717) is 11.7 Å². The Morgan fingerprint density at radius 1 is 1.31 bits per heavy atom. The smallest absolute Gasteiger partial charge is 0.226 e. The van der Waals surface area contributed by atoms with Gasteiger partial charge in [0.2, 0.25) is 5.89 Å². The van der Waals surface area contributed by atoms with E-state index in [9.17, 15) is 0 Å². The number of methoxy groups -OCH3 is 1. The fourth-order valence-electron chi connectivity index (χ4n) is 3.66. The van der Waals surface area contributed by atoms with Gasteiger partial charge in [0.15, 0.2) is 11.8 Å². The molecule has 8 heteroatoms. The molecule has 158 valence electrons. The summed E-state index contributed by atoms with van der Waals surface area (Å²) in [5.41, 5.74) is 1.26. The summed E-state index contributed by atoms with van der Waals surface area (Å²) in [6.45, 7) is 5.65. The maximum atomic E-state index is 5.43. The van der Waals surface area contributed by atoms with Gasteiger partial charge < -0.3 is 19.9 Å². The van der Waals surface area contributed by atoms with E-state index in [1.807, 2.05) is 13.0 Å². The minimum Gasteiger partial charge on any atom is -0.497 e. The summed E-state index contributed by atoms with van der Waals surface area (Å²) >= 11 is 0. The highest BCUT2D eigenvalue weighted by Gasteiger charge is 2.24. The minimum atomic E-state index is 0.285. The van der Waals surface area contributed by atoms with Gasteiger partial charge in [-0.15, -0.1) is 0 Å². The first-order valence-corrected chi connectivity index (χ1v) is 10.3. The Hall–Kier alpha value is -2.61. The molecule has 0 saturated carbocycles. The molecule has 2 N–H and O–H groups in total. The molecule has 0 aliphatic carbocycles. The van der Waals surface area contributed by atoms with Crippen LogP contribution < -0.4 is 15.4 Å². The quantitative estimate of drug-likeness (QED) is 0.379. The van der Waals surface area contributed by atoms with Crippen LogP contribution in [0.1, 0.15) is 42.6 Å². The molecule has 0 bridgehead atoms. The Kier molecular flexibility index (Phi) is 7.86. The van der Waals surface area contributed by atoms with Crippen LogP contribution in [0.2, 0.25) is 0 Å². The molecule has 2 heterocycles. The van der Waals surface area contributed by atoms with Gasteiger partial charge in [0.1, 0.15) is 5.75 Å². The van der Waals surface area contributed by atoms with Gasteiger partial charge >= 0.3 is 0 Å². The highest BCUT2D eigenvalue weighted by molar-refractivity contribution is 5.79. The highest BCUT2D eigenvalue weighted by atomic mass is 16.5. The molecule has 1 aromatic carbocycles. The van der Waals surface area contributed by atoms with E-state index in [0.717, 1.165) is 50.7 Å². The first-order valence-electron chi connectivity index (χ1n) is 10.3. The van der Waals surface area contributed by atoms with Crippen molar-refractivity contribution < 1.29 is 9.26 Å². The van der Waals surface area contributed by atoms with E-state index in [1.165, 1.54) is 18.4 Å². The number of rotatable bonds is 9. The number of nitrogens with one attached hydrogen (secondary N) is 2. The number of benzene rings is 1. The van der Waals surface area contributed by atoms with Gasteiger partial charge in [0, 0.05) is 26.6 Å². The number of ether oxygens (including phenoxy) is 1. The molecule has 3 rings (SSSR count). The van der Waals surface area contributed by atoms with Crippen LogP contribution in [0.25, 0.3) is 0 Å². The number of hydrogen-bond acceptors (Lipinski definition) is 6. The topological polar surface area (TPSA) is 87.8 Å². The predicted molar refractivity (Wildman–Crippen MR) is 113 cm³/mol. The summed E-state index contributed by atoms with van der Waals surface area (Å²) in [6.07, 6.45) is 4.16. The molecule has 1 saturated heterocycles. The fourth-order valence-corrected chi connectivity index (χ4v) is 3.66. The molecule has 1 aliphatic rings. The van der Waals surface area contributed by atoms with Crippen molar-refractivity contribution in [2.75, 3.05) is 40.3 Å². The maximum Gasteiger partial charge on any atom is 0.226 e. The average Bonchev–Trinajstić information content (AvgIpc) is 3.42. The number of aliphatic imine (C=N–C) groups is 1. The highest BCUT2D eigenvalue weighted by Crippen LogP contribution is 2.27. The summed E-state index contributed by atoms with van der Waals surface area (Å²) < 4.78 is 10.6. The average molecular weight is 401 g/mol. The lowest BCUT2D eigenvalue weighted by atomic mass is 10.1. The number of guanidine groups is 1. The van der Waals surface area contributed by atoms with Gasteiger partial charge in [-0.2, -0.15) is 4.98 Å². The summed E-state index contributed by atoms with van der Waals surface area (Å²) in [7, 11) is 3.51. The molecule has 1 atom stereocenters. The Morgan fingerprint density at radius 2 is 2.14 bits per heavy atom. The first-order chi connectivity index (χ1) is 14.2. The van der Waals surface area contributed by atoms with Crippen molar-refractivity contribution in [2.45, 2.75) is 38.6 Å². The minimum absolute atomic E-state index is 0.285. The SMILES string of the molecule is CN=C(NCCCc1nc(C)no1)NCC(c1cccc(OC)c1)N1CCCC1. The molecule has 1 aliphatic heterocycles. The van der Waals surface area contributed by atoms with Gasteiger partial charge in [0.25, 0.3) is 0 Å². The van der Waals surface area contributed by atoms with Gasteiger partial charge in [-0.1, -0.05) is 17.3 Å². The molecule has 1 unspecified atom stereocenters. The number of likely N-dealkylation sites (tertiary alicyclic amines) is 1. The predicted octanol–water partition coefficient (Wildman–Crippen LogP) is 2.32. The zero-order chi connectivity index (χ0) is 20.5. The van der Waals surface area contributed by atoms with E-state index in [4.69, 9.17) is 9.26 Å². The van der Waals surface area contributed by atoms with Crippen LogP contribution in [0.15, 0.2) is 33.8 Å². The lowest BCUT2D eigenvalue weighted by Crippen LogP contribution is -2.43. The molecule has 0 amide bonds. The third-order valence-corrected chi connectivity index (χ3v) is 5.18. The zero-order valence-electron chi connectivity index (χ0n) is 17.6. The number of nitrogens with zero attached hydrogens (tertiary/aromatic N) is 4. The van der Waals surface area contributed by atoms with Crippen molar-refractivity contribution in [3.8, 4) is 5.75 Å². The Bertz CT molecular complexity index is 785. The molecular formula is C21H32N6O2. The second-order valence-electron chi connectivity index (χ2n) is 7.25. The standard InChI is InChI=1S/C21H32N6O2/c1-16-25-20(29-26-16)10-7-11-23-21(22-2)24-15-19(27-12-4-5-13-27)17-8-6-9-18(14-17)28-3/h6,8-9,14,19H,4-5,7,10-13,15H2,1-3H3,(H2,22,23,24). The number of aromatic nitrogens is 2. The molecule has 1 fully saturated rings. The Balaban J connectivity index is 1.52. The molecule has 0 spiro atoms. The van der Waals surface area contributed by atoms with E-state index in [-0.39, 0.29) is 6.04 Å². The van der Waals surface area contributed by atoms with E-state index in [1.54, 1.807) is 14.2 Å². The van der Waals surface area contributed by atoms with Crippen molar-refractivity contribution >= 4 is 5.96 Å². The molecule has 29 heavy (non-hydrogen) atoms. The molecule has 0 radical (unpaired) electrons. The lowest BCUT2D eigenvalue weighted by molar-refractivity contribution is 0.245.